The van der Waals surface area contributed by atoms with Crippen LogP contribution in [0.2, 0.25) is 5.02 Å². The van der Waals surface area contributed by atoms with Gasteiger partial charge in [0.15, 0.2) is 11.5 Å². The summed E-state index contributed by atoms with van der Waals surface area (Å²) in [4.78, 5) is 2.41. The van der Waals surface area contributed by atoms with Gasteiger partial charge in [-0.1, -0.05) is 18.5 Å². The molecule has 2 rings (SSSR count). The number of aliphatic hydroxyl groups excluding tert-OH is 1. The van der Waals surface area contributed by atoms with Gasteiger partial charge < -0.3 is 14.6 Å². The first-order valence-corrected chi connectivity index (χ1v) is 8.77. The van der Waals surface area contributed by atoms with E-state index >= 15 is 0 Å². The predicted octanol–water partition coefficient (Wildman–Crippen LogP) is 3.73. The molecule has 1 aromatic carbocycles. The maximum atomic E-state index is 9.64. The lowest BCUT2D eigenvalue weighted by Gasteiger charge is -2.40. The molecule has 1 aliphatic heterocycles. The summed E-state index contributed by atoms with van der Waals surface area (Å²) in [6.45, 7) is 7.79. The van der Waals surface area contributed by atoms with E-state index in [0.717, 1.165) is 44.5 Å². The van der Waals surface area contributed by atoms with Crippen molar-refractivity contribution in [2.24, 2.45) is 5.41 Å². The van der Waals surface area contributed by atoms with Crippen LogP contribution in [-0.4, -0.2) is 43.4 Å². The monoisotopic (exact) mass is 341 g/mol. The SMILES string of the molecule is CCOc1c(Cl)cc(CN2CCC(CC)(CO)CC2)cc1OC. The number of hydrogen-bond acceptors (Lipinski definition) is 4. The molecule has 5 heteroatoms. The van der Waals surface area contributed by atoms with Crippen molar-refractivity contribution in [2.45, 2.75) is 39.7 Å². The molecule has 0 radical (unpaired) electrons. The highest BCUT2D eigenvalue weighted by molar-refractivity contribution is 6.32. The van der Waals surface area contributed by atoms with E-state index in [2.05, 4.69) is 11.8 Å². The summed E-state index contributed by atoms with van der Waals surface area (Å²) in [5.41, 5.74) is 1.24. The molecule has 4 nitrogen and oxygen atoms in total. The second kappa shape index (κ2) is 8.22. The molecule has 1 aliphatic rings. The quantitative estimate of drug-likeness (QED) is 0.820. The summed E-state index contributed by atoms with van der Waals surface area (Å²) in [7, 11) is 1.63. The van der Waals surface area contributed by atoms with Crippen molar-refractivity contribution < 1.29 is 14.6 Å². The van der Waals surface area contributed by atoms with Crippen molar-refractivity contribution >= 4 is 11.6 Å². The van der Waals surface area contributed by atoms with E-state index in [9.17, 15) is 5.11 Å². The number of piperidine rings is 1. The molecule has 0 bridgehead atoms. The minimum atomic E-state index is 0.116. The second-order valence-electron chi connectivity index (χ2n) is 6.33. The normalized spacial score (nSPS) is 18.0. The molecule has 0 aliphatic carbocycles. The van der Waals surface area contributed by atoms with E-state index in [1.165, 1.54) is 0 Å². The number of rotatable bonds is 7. The minimum Gasteiger partial charge on any atom is -0.493 e. The Morgan fingerprint density at radius 2 is 1.96 bits per heavy atom. The standard InChI is InChI=1S/C18H28ClNO3/c1-4-18(13-21)6-8-20(9-7-18)12-14-10-15(19)17(23-5-2)16(11-14)22-3/h10-11,21H,4-9,12-13H2,1-3H3. The number of benzene rings is 1. The number of likely N-dealkylation sites (tertiary alicyclic amines) is 1. The maximum absolute atomic E-state index is 9.64. The second-order valence-corrected chi connectivity index (χ2v) is 6.74. The Morgan fingerprint density at radius 1 is 1.26 bits per heavy atom. The lowest BCUT2D eigenvalue weighted by Crippen LogP contribution is -2.41. The number of hydrogen-bond donors (Lipinski definition) is 1. The van der Waals surface area contributed by atoms with E-state index in [1.807, 2.05) is 19.1 Å². The van der Waals surface area contributed by atoms with Gasteiger partial charge in [-0.2, -0.15) is 0 Å². The van der Waals surface area contributed by atoms with E-state index in [0.29, 0.717) is 29.7 Å². The zero-order chi connectivity index (χ0) is 16.9. The molecular weight excluding hydrogens is 314 g/mol. The third-order valence-electron chi connectivity index (χ3n) is 4.99. The van der Waals surface area contributed by atoms with Crippen LogP contribution in [0.4, 0.5) is 0 Å². The van der Waals surface area contributed by atoms with Crippen molar-refractivity contribution in [3.63, 3.8) is 0 Å². The molecule has 0 atom stereocenters. The zero-order valence-corrected chi connectivity index (χ0v) is 15.2. The highest BCUT2D eigenvalue weighted by Crippen LogP contribution is 2.38. The van der Waals surface area contributed by atoms with Crippen LogP contribution in [0.3, 0.4) is 0 Å². The van der Waals surface area contributed by atoms with Crippen LogP contribution in [0.5, 0.6) is 11.5 Å². The molecule has 0 amide bonds. The first kappa shape index (κ1) is 18.4. The van der Waals surface area contributed by atoms with Crippen LogP contribution in [0.15, 0.2) is 12.1 Å². The Hall–Kier alpha value is -0.970. The summed E-state index contributed by atoms with van der Waals surface area (Å²) in [6, 6.07) is 3.97. The number of nitrogens with zero attached hydrogens (tertiary/aromatic N) is 1. The maximum Gasteiger partial charge on any atom is 0.179 e. The van der Waals surface area contributed by atoms with E-state index in [-0.39, 0.29) is 5.41 Å². The van der Waals surface area contributed by atoms with Crippen molar-refractivity contribution in [3.05, 3.63) is 22.7 Å². The number of aliphatic hydroxyl groups is 1. The fourth-order valence-electron chi connectivity index (χ4n) is 3.22. The Bertz CT molecular complexity index is 507. The van der Waals surface area contributed by atoms with Crippen LogP contribution >= 0.6 is 11.6 Å². The summed E-state index contributed by atoms with van der Waals surface area (Å²) in [5, 5.41) is 10.2. The van der Waals surface area contributed by atoms with Gasteiger partial charge in [0, 0.05) is 13.2 Å². The van der Waals surface area contributed by atoms with Crippen LogP contribution < -0.4 is 9.47 Å². The summed E-state index contributed by atoms with van der Waals surface area (Å²) in [6.07, 6.45) is 3.13. The van der Waals surface area contributed by atoms with Gasteiger partial charge in [0.05, 0.1) is 18.7 Å². The van der Waals surface area contributed by atoms with Crippen molar-refractivity contribution in [3.8, 4) is 11.5 Å². The van der Waals surface area contributed by atoms with Gasteiger partial charge in [0.25, 0.3) is 0 Å². The average molecular weight is 342 g/mol. The number of ether oxygens (including phenoxy) is 2. The molecule has 1 N–H and O–H groups in total. The molecule has 1 fully saturated rings. The van der Waals surface area contributed by atoms with Crippen LogP contribution in [0, 0.1) is 5.41 Å². The van der Waals surface area contributed by atoms with Crippen LogP contribution in [0.25, 0.3) is 0 Å². The fraction of sp³-hybridized carbons (Fsp3) is 0.667. The summed E-state index contributed by atoms with van der Waals surface area (Å²) >= 11 is 6.34. The van der Waals surface area contributed by atoms with Crippen molar-refractivity contribution in [1.29, 1.82) is 0 Å². The topological polar surface area (TPSA) is 41.9 Å². The molecule has 1 aromatic rings. The lowest BCUT2D eigenvalue weighted by atomic mass is 9.77. The predicted molar refractivity (Wildman–Crippen MR) is 93.5 cm³/mol. The highest BCUT2D eigenvalue weighted by atomic mass is 35.5. The molecule has 0 spiro atoms. The van der Waals surface area contributed by atoms with Crippen LogP contribution in [0.1, 0.15) is 38.7 Å². The minimum absolute atomic E-state index is 0.116. The van der Waals surface area contributed by atoms with Crippen LogP contribution in [-0.2, 0) is 6.54 Å². The van der Waals surface area contributed by atoms with E-state index in [1.54, 1.807) is 7.11 Å². The van der Waals surface area contributed by atoms with E-state index in [4.69, 9.17) is 21.1 Å². The summed E-state index contributed by atoms with van der Waals surface area (Å²) in [5.74, 6) is 1.30. The third-order valence-corrected chi connectivity index (χ3v) is 5.27. The molecule has 1 heterocycles. The fourth-order valence-corrected chi connectivity index (χ4v) is 3.50. The van der Waals surface area contributed by atoms with Gasteiger partial charge in [0.2, 0.25) is 0 Å². The smallest absolute Gasteiger partial charge is 0.179 e. The van der Waals surface area contributed by atoms with Crippen molar-refractivity contribution in [1.82, 2.24) is 4.90 Å². The lowest BCUT2D eigenvalue weighted by molar-refractivity contribution is 0.0382. The molecular formula is C18H28ClNO3. The zero-order valence-electron chi connectivity index (χ0n) is 14.4. The number of methoxy groups -OCH3 is 1. The molecule has 1 saturated heterocycles. The Labute approximate surface area is 144 Å². The Balaban J connectivity index is 2.05. The Morgan fingerprint density at radius 3 is 2.48 bits per heavy atom. The molecule has 0 saturated carbocycles. The van der Waals surface area contributed by atoms with Gasteiger partial charge in [-0.05, 0) is 62.4 Å². The van der Waals surface area contributed by atoms with Gasteiger partial charge >= 0.3 is 0 Å². The van der Waals surface area contributed by atoms with Gasteiger partial charge in [-0.3, -0.25) is 4.90 Å². The van der Waals surface area contributed by atoms with Gasteiger partial charge in [-0.25, -0.2) is 0 Å². The number of halogens is 1. The summed E-state index contributed by atoms with van der Waals surface area (Å²) < 4.78 is 11.0. The average Bonchev–Trinajstić information content (AvgIpc) is 2.58. The van der Waals surface area contributed by atoms with E-state index < -0.39 is 0 Å². The first-order valence-electron chi connectivity index (χ1n) is 8.40. The Kier molecular flexibility index (Phi) is 6.57. The molecule has 130 valence electrons. The first-order chi connectivity index (χ1) is 11.1. The van der Waals surface area contributed by atoms with Gasteiger partial charge in [0.1, 0.15) is 0 Å². The highest BCUT2D eigenvalue weighted by Gasteiger charge is 2.32. The largest absolute Gasteiger partial charge is 0.493 e. The third kappa shape index (κ3) is 4.31. The molecule has 23 heavy (non-hydrogen) atoms. The van der Waals surface area contributed by atoms with Gasteiger partial charge in [-0.15, -0.1) is 0 Å². The molecule has 0 aromatic heterocycles. The van der Waals surface area contributed by atoms with Crippen molar-refractivity contribution in [2.75, 3.05) is 33.4 Å². The molecule has 0 unspecified atom stereocenters.